The molecular formula is C22H19F2N3O2. The molecule has 7 heteroatoms. The second-order valence-electron chi connectivity index (χ2n) is 6.49. The molecule has 0 unspecified atom stereocenters. The van der Waals surface area contributed by atoms with Gasteiger partial charge in [-0.3, -0.25) is 14.6 Å². The number of carbonyl (C=O) groups excluding carboxylic acids is 2. The summed E-state index contributed by atoms with van der Waals surface area (Å²) in [6, 6.07) is 12.8. The number of amides is 2. The molecule has 0 fully saturated rings. The predicted octanol–water partition coefficient (Wildman–Crippen LogP) is 3.93. The van der Waals surface area contributed by atoms with Crippen molar-refractivity contribution in [1.29, 1.82) is 0 Å². The Morgan fingerprint density at radius 2 is 1.62 bits per heavy atom. The first-order valence-corrected chi connectivity index (χ1v) is 8.95. The lowest BCUT2D eigenvalue weighted by Gasteiger charge is -2.17. The van der Waals surface area contributed by atoms with Crippen LogP contribution in [0.5, 0.6) is 0 Å². The van der Waals surface area contributed by atoms with Crippen LogP contribution in [0.25, 0.3) is 0 Å². The quantitative estimate of drug-likeness (QED) is 0.688. The summed E-state index contributed by atoms with van der Waals surface area (Å²) < 4.78 is 26.6. The Balaban J connectivity index is 1.61. The van der Waals surface area contributed by atoms with E-state index in [1.165, 1.54) is 12.1 Å². The van der Waals surface area contributed by atoms with Crippen molar-refractivity contribution in [3.8, 4) is 0 Å². The van der Waals surface area contributed by atoms with Gasteiger partial charge in [-0.15, -0.1) is 0 Å². The van der Waals surface area contributed by atoms with Gasteiger partial charge in [0.2, 0.25) is 0 Å². The number of rotatable bonds is 6. The first-order valence-electron chi connectivity index (χ1n) is 8.95. The van der Waals surface area contributed by atoms with E-state index in [0.717, 1.165) is 17.7 Å². The fraction of sp³-hybridized carbons (Fsp3) is 0.136. The van der Waals surface area contributed by atoms with Gasteiger partial charge in [0.1, 0.15) is 11.6 Å². The number of nitrogens with zero attached hydrogens (tertiary/aromatic N) is 2. The van der Waals surface area contributed by atoms with E-state index >= 15 is 0 Å². The Bertz CT molecular complexity index is 1010. The summed E-state index contributed by atoms with van der Waals surface area (Å²) in [6.07, 6.45) is 4.12. The smallest absolute Gasteiger partial charge is 0.255 e. The topological polar surface area (TPSA) is 62.3 Å². The van der Waals surface area contributed by atoms with Gasteiger partial charge in [-0.1, -0.05) is 0 Å². The monoisotopic (exact) mass is 395 g/mol. The molecule has 0 aliphatic carbocycles. The van der Waals surface area contributed by atoms with Crippen LogP contribution in [0.4, 0.5) is 14.5 Å². The van der Waals surface area contributed by atoms with Gasteiger partial charge >= 0.3 is 0 Å². The van der Waals surface area contributed by atoms with Crippen LogP contribution in [0, 0.1) is 11.6 Å². The number of nitrogens with one attached hydrogen (secondary N) is 1. The highest BCUT2D eigenvalue weighted by Gasteiger charge is 2.14. The number of anilines is 1. The molecule has 0 saturated heterocycles. The van der Waals surface area contributed by atoms with Gasteiger partial charge in [0.15, 0.2) is 0 Å². The summed E-state index contributed by atoms with van der Waals surface area (Å²) >= 11 is 0. The first kappa shape index (κ1) is 20.1. The van der Waals surface area contributed by atoms with E-state index < -0.39 is 17.5 Å². The number of aromatic nitrogens is 1. The number of hydrogen-bond acceptors (Lipinski definition) is 3. The molecule has 3 aromatic rings. The molecule has 1 heterocycles. The van der Waals surface area contributed by atoms with Crippen molar-refractivity contribution < 1.29 is 18.4 Å². The third-order valence-corrected chi connectivity index (χ3v) is 4.41. The Morgan fingerprint density at radius 1 is 0.966 bits per heavy atom. The zero-order chi connectivity index (χ0) is 20.8. The summed E-state index contributed by atoms with van der Waals surface area (Å²) in [5.74, 6) is -2.31. The standard InChI is InChI=1S/C22H19F2N3O2/c1-27(13-10-15-8-11-25-12-9-15)22(29)17-4-2-16(3-5-17)21(28)26-20-7-6-18(23)14-19(20)24/h2-9,11-12,14H,10,13H2,1H3,(H,26,28). The zero-order valence-corrected chi connectivity index (χ0v) is 15.7. The fourth-order valence-electron chi connectivity index (χ4n) is 2.72. The van der Waals surface area contributed by atoms with Crippen molar-refractivity contribution in [2.24, 2.45) is 0 Å². The van der Waals surface area contributed by atoms with E-state index in [4.69, 9.17) is 0 Å². The molecule has 0 saturated carbocycles. The second-order valence-corrected chi connectivity index (χ2v) is 6.49. The van der Waals surface area contributed by atoms with Crippen molar-refractivity contribution in [1.82, 2.24) is 9.88 Å². The van der Waals surface area contributed by atoms with E-state index in [0.29, 0.717) is 24.6 Å². The van der Waals surface area contributed by atoms with E-state index in [-0.39, 0.29) is 17.2 Å². The Kier molecular flexibility index (Phi) is 6.29. The van der Waals surface area contributed by atoms with E-state index in [1.807, 2.05) is 12.1 Å². The maximum Gasteiger partial charge on any atom is 0.255 e. The largest absolute Gasteiger partial charge is 0.341 e. The molecule has 0 atom stereocenters. The molecular weight excluding hydrogens is 376 g/mol. The number of carbonyl (C=O) groups is 2. The van der Waals surface area contributed by atoms with Crippen LogP contribution in [0.2, 0.25) is 0 Å². The van der Waals surface area contributed by atoms with Crippen LogP contribution in [0.3, 0.4) is 0 Å². The summed E-state index contributed by atoms with van der Waals surface area (Å²) in [7, 11) is 1.71. The highest BCUT2D eigenvalue weighted by molar-refractivity contribution is 6.05. The lowest BCUT2D eigenvalue weighted by atomic mass is 10.1. The van der Waals surface area contributed by atoms with Gasteiger partial charge in [-0.05, 0) is 60.5 Å². The Hall–Kier alpha value is -3.61. The molecule has 2 aromatic carbocycles. The molecule has 2 amide bonds. The lowest BCUT2D eigenvalue weighted by Crippen LogP contribution is -2.28. The van der Waals surface area contributed by atoms with E-state index in [2.05, 4.69) is 10.3 Å². The Morgan fingerprint density at radius 3 is 2.28 bits per heavy atom. The molecule has 1 N–H and O–H groups in total. The van der Waals surface area contributed by atoms with Gasteiger partial charge in [0.25, 0.3) is 11.8 Å². The summed E-state index contributed by atoms with van der Waals surface area (Å²) in [5, 5.41) is 2.38. The van der Waals surface area contributed by atoms with Crippen molar-refractivity contribution >= 4 is 17.5 Å². The Labute approximate surface area is 167 Å². The van der Waals surface area contributed by atoms with Crippen molar-refractivity contribution in [2.75, 3.05) is 18.9 Å². The minimum absolute atomic E-state index is 0.118. The van der Waals surface area contributed by atoms with E-state index in [1.54, 1.807) is 36.5 Å². The fourth-order valence-corrected chi connectivity index (χ4v) is 2.72. The van der Waals surface area contributed by atoms with Gasteiger partial charge in [0, 0.05) is 43.2 Å². The van der Waals surface area contributed by atoms with Crippen LogP contribution in [-0.2, 0) is 6.42 Å². The van der Waals surface area contributed by atoms with Crippen LogP contribution in [-0.4, -0.2) is 35.3 Å². The molecule has 29 heavy (non-hydrogen) atoms. The number of halogens is 2. The van der Waals surface area contributed by atoms with Gasteiger partial charge in [-0.25, -0.2) is 8.78 Å². The van der Waals surface area contributed by atoms with Crippen LogP contribution in [0.1, 0.15) is 26.3 Å². The third kappa shape index (κ3) is 5.22. The third-order valence-electron chi connectivity index (χ3n) is 4.41. The molecule has 148 valence electrons. The molecule has 0 aliphatic heterocycles. The second kappa shape index (κ2) is 9.05. The zero-order valence-electron chi connectivity index (χ0n) is 15.7. The molecule has 0 spiro atoms. The van der Waals surface area contributed by atoms with Gasteiger partial charge in [-0.2, -0.15) is 0 Å². The average Bonchev–Trinajstić information content (AvgIpc) is 2.74. The summed E-state index contributed by atoms with van der Waals surface area (Å²) in [4.78, 5) is 30.4. The van der Waals surface area contributed by atoms with Crippen molar-refractivity contribution in [3.05, 3.63) is 95.3 Å². The molecule has 3 rings (SSSR count). The first-order chi connectivity index (χ1) is 13.9. The normalized spacial score (nSPS) is 10.4. The lowest BCUT2D eigenvalue weighted by molar-refractivity contribution is 0.0796. The number of pyridine rings is 1. The molecule has 0 bridgehead atoms. The molecule has 0 aliphatic rings. The predicted molar refractivity (Wildman–Crippen MR) is 106 cm³/mol. The maximum absolute atomic E-state index is 13.7. The average molecular weight is 395 g/mol. The minimum Gasteiger partial charge on any atom is -0.341 e. The maximum atomic E-state index is 13.7. The molecule has 0 radical (unpaired) electrons. The molecule has 1 aromatic heterocycles. The molecule has 5 nitrogen and oxygen atoms in total. The SMILES string of the molecule is CN(CCc1ccncc1)C(=O)c1ccc(C(=O)Nc2ccc(F)cc2F)cc1. The van der Waals surface area contributed by atoms with Crippen molar-refractivity contribution in [3.63, 3.8) is 0 Å². The van der Waals surface area contributed by atoms with Crippen LogP contribution in [0.15, 0.2) is 67.0 Å². The van der Waals surface area contributed by atoms with Gasteiger partial charge < -0.3 is 10.2 Å². The highest BCUT2D eigenvalue weighted by atomic mass is 19.1. The number of benzene rings is 2. The van der Waals surface area contributed by atoms with Gasteiger partial charge in [0.05, 0.1) is 5.69 Å². The number of likely N-dealkylation sites (N-methyl/N-ethyl adjacent to an activating group) is 1. The summed E-state index contributed by atoms with van der Waals surface area (Å²) in [6.45, 7) is 0.537. The van der Waals surface area contributed by atoms with Crippen LogP contribution >= 0.6 is 0 Å². The highest BCUT2D eigenvalue weighted by Crippen LogP contribution is 2.16. The van der Waals surface area contributed by atoms with Crippen molar-refractivity contribution in [2.45, 2.75) is 6.42 Å². The minimum atomic E-state index is -0.860. The van der Waals surface area contributed by atoms with Crippen LogP contribution < -0.4 is 5.32 Å². The number of hydrogen-bond donors (Lipinski definition) is 1. The summed E-state index contributed by atoms with van der Waals surface area (Å²) in [5.41, 5.74) is 1.66. The van der Waals surface area contributed by atoms with E-state index in [9.17, 15) is 18.4 Å².